The van der Waals surface area contributed by atoms with E-state index in [0.717, 1.165) is 5.56 Å². The molecule has 0 saturated carbocycles. The maximum absolute atomic E-state index is 6.31. The van der Waals surface area contributed by atoms with Crippen molar-refractivity contribution in [3.05, 3.63) is 17.7 Å². The lowest BCUT2D eigenvalue weighted by atomic mass is 9.89. The number of nitrogens with two attached hydrogens (primary N) is 1. The Kier molecular flexibility index (Phi) is 5.03. The third-order valence-corrected chi connectivity index (χ3v) is 3.47. The molecule has 0 aliphatic heterocycles. The van der Waals surface area contributed by atoms with Crippen molar-refractivity contribution in [1.29, 1.82) is 0 Å². The zero-order chi connectivity index (χ0) is 14.6. The van der Waals surface area contributed by atoms with Gasteiger partial charge in [-0.2, -0.15) is 0 Å². The number of hydrogen-bond donors (Lipinski definition) is 2. The minimum absolute atomic E-state index is 0.203. The van der Waals surface area contributed by atoms with E-state index in [1.807, 2.05) is 33.0 Å². The Morgan fingerprint density at radius 1 is 1.05 bits per heavy atom. The summed E-state index contributed by atoms with van der Waals surface area (Å²) in [5, 5.41) is 3.21. The van der Waals surface area contributed by atoms with Crippen molar-refractivity contribution >= 4 is 0 Å². The molecule has 1 rings (SSSR count). The van der Waals surface area contributed by atoms with Crippen LogP contribution in [0.2, 0.25) is 0 Å². The van der Waals surface area contributed by atoms with Crippen LogP contribution in [0.4, 0.5) is 0 Å². The average Bonchev–Trinajstić information content (AvgIpc) is 2.44. The second kappa shape index (κ2) is 6.12. The van der Waals surface area contributed by atoms with E-state index in [1.54, 1.807) is 21.3 Å². The Morgan fingerprint density at radius 2 is 1.53 bits per heavy atom. The third-order valence-electron chi connectivity index (χ3n) is 3.47. The highest BCUT2D eigenvalue weighted by atomic mass is 16.5. The minimum Gasteiger partial charge on any atom is -0.493 e. The van der Waals surface area contributed by atoms with Gasteiger partial charge in [-0.05, 0) is 38.6 Å². The van der Waals surface area contributed by atoms with Gasteiger partial charge in [-0.15, -0.1) is 0 Å². The summed E-state index contributed by atoms with van der Waals surface area (Å²) in [5.41, 5.74) is 6.99. The molecule has 5 nitrogen and oxygen atoms in total. The molecule has 0 aliphatic carbocycles. The maximum atomic E-state index is 6.31. The van der Waals surface area contributed by atoms with Crippen LogP contribution in [-0.2, 0) is 0 Å². The van der Waals surface area contributed by atoms with Gasteiger partial charge in [0.15, 0.2) is 11.5 Å². The van der Waals surface area contributed by atoms with Gasteiger partial charge in [-0.25, -0.2) is 0 Å². The highest BCUT2D eigenvalue weighted by Crippen LogP contribution is 2.40. The lowest BCUT2D eigenvalue weighted by molar-refractivity contribution is 0.318. The van der Waals surface area contributed by atoms with E-state index in [4.69, 9.17) is 19.9 Å². The van der Waals surface area contributed by atoms with Gasteiger partial charge < -0.3 is 25.3 Å². The van der Waals surface area contributed by atoms with Crippen LogP contribution in [0.1, 0.15) is 25.5 Å². The van der Waals surface area contributed by atoms with Crippen molar-refractivity contribution in [2.45, 2.75) is 25.4 Å². The molecule has 0 aliphatic rings. The number of likely N-dealkylation sites (N-methyl/N-ethyl adjacent to an activating group) is 1. The molecule has 1 unspecified atom stereocenters. The van der Waals surface area contributed by atoms with E-state index in [9.17, 15) is 0 Å². The molecule has 19 heavy (non-hydrogen) atoms. The maximum Gasteiger partial charge on any atom is 0.203 e. The van der Waals surface area contributed by atoms with Gasteiger partial charge in [0.25, 0.3) is 0 Å². The summed E-state index contributed by atoms with van der Waals surface area (Å²) in [6, 6.07) is 3.56. The van der Waals surface area contributed by atoms with Gasteiger partial charge in [-0.3, -0.25) is 0 Å². The minimum atomic E-state index is -0.245. The Balaban J connectivity index is 3.30. The fraction of sp³-hybridized carbons (Fsp3) is 0.571. The molecule has 1 aromatic rings. The SMILES string of the molecule is CNC(C)(C)C(N)c1cc(OC)c(OC)c(OC)c1. The van der Waals surface area contributed by atoms with Crippen LogP contribution in [0.5, 0.6) is 17.2 Å². The summed E-state index contributed by atoms with van der Waals surface area (Å²) in [7, 11) is 6.65. The molecule has 3 N–H and O–H groups in total. The topological polar surface area (TPSA) is 65.7 Å². The monoisotopic (exact) mass is 268 g/mol. The molecule has 1 aromatic carbocycles. The van der Waals surface area contributed by atoms with Crippen molar-refractivity contribution in [2.75, 3.05) is 28.4 Å². The molecule has 0 amide bonds. The average molecular weight is 268 g/mol. The fourth-order valence-electron chi connectivity index (χ4n) is 1.85. The molecule has 5 heteroatoms. The predicted octanol–water partition coefficient (Wildman–Crippen LogP) is 1.71. The highest BCUT2D eigenvalue weighted by molar-refractivity contribution is 5.54. The van der Waals surface area contributed by atoms with E-state index in [0.29, 0.717) is 17.2 Å². The largest absolute Gasteiger partial charge is 0.493 e. The van der Waals surface area contributed by atoms with Crippen molar-refractivity contribution in [3.8, 4) is 17.2 Å². The zero-order valence-electron chi connectivity index (χ0n) is 12.5. The van der Waals surface area contributed by atoms with Crippen LogP contribution in [0, 0.1) is 0 Å². The highest BCUT2D eigenvalue weighted by Gasteiger charge is 2.27. The number of benzene rings is 1. The van der Waals surface area contributed by atoms with E-state index < -0.39 is 0 Å². The third kappa shape index (κ3) is 3.11. The molecule has 108 valence electrons. The van der Waals surface area contributed by atoms with Gasteiger partial charge in [0.05, 0.1) is 21.3 Å². The number of methoxy groups -OCH3 is 3. The summed E-state index contributed by atoms with van der Waals surface area (Å²) in [5.74, 6) is 1.79. The lowest BCUT2D eigenvalue weighted by Gasteiger charge is -2.32. The molecule has 1 atom stereocenters. The predicted molar refractivity (Wildman–Crippen MR) is 76.2 cm³/mol. The summed E-state index contributed by atoms with van der Waals surface area (Å²) in [4.78, 5) is 0. The molecule has 0 bridgehead atoms. The first kappa shape index (κ1) is 15.6. The van der Waals surface area contributed by atoms with E-state index in [-0.39, 0.29) is 11.6 Å². The van der Waals surface area contributed by atoms with Crippen molar-refractivity contribution in [1.82, 2.24) is 5.32 Å². The van der Waals surface area contributed by atoms with Crippen LogP contribution in [-0.4, -0.2) is 33.9 Å². The van der Waals surface area contributed by atoms with Gasteiger partial charge in [0.2, 0.25) is 5.75 Å². The van der Waals surface area contributed by atoms with Crippen LogP contribution in [0.15, 0.2) is 12.1 Å². The first-order valence-electron chi connectivity index (χ1n) is 6.15. The van der Waals surface area contributed by atoms with Gasteiger partial charge in [0.1, 0.15) is 0 Å². The zero-order valence-corrected chi connectivity index (χ0v) is 12.5. The molecule has 0 spiro atoms. The second-order valence-corrected chi connectivity index (χ2v) is 4.91. The van der Waals surface area contributed by atoms with Crippen LogP contribution < -0.4 is 25.3 Å². The Labute approximate surface area is 115 Å². The molecular formula is C14H24N2O3. The number of ether oxygens (including phenoxy) is 3. The van der Waals surface area contributed by atoms with Crippen LogP contribution in [0.3, 0.4) is 0 Å². The quantitative estimate of drug-likeness (QED) is 0.822. The normalized spacial score (nSPS) is 13.0. The molecule has 0 radical (unpaired) electrons. The molecule has 0 heterocycles. The number of hydrogen-bond acceptors (Lipinski definition) is 5. The Hall–Kier alpha value is -1.46. The summed E-state index contributed by atoms with van der Waals surface area (Å²) in [6.07, 6.45) is 0. The first-order chi connectivity index (χ1) is 8.91. The van der Waals surface area contributed by atoms with Crippen LogP contribution in [0.25, 0.3) is 0 Å². The molecule has 0 fully saturated rings. The van der Waals surface area contributed by atoms with E-state index >= 15 is 0 Å². The van der Waals surface area contributed by atoms with E-state index in [2.05, 4.69) is 5.32 Å². The van der Waals surface area contributed by atoms with Gasteiger partial charge in [0, 0.05) is 11.6 Å². The van der Waals surface area contributed by atoms with Crippen molar-refractivity contribution < 1.29 is 14.2 Å². The first-order valence-corrected chi connectivity index (χ1v) is 6.15. The lowest BCUT2D eigenvalue weighted by Crippen LogP contribution is -2.46. The van der Waals surface area contributed by atoms with E-state index in [1.165, 1.54) is 0 Å². The summed E-state index contributed by atoms with van der Waals surface area (Å²) < 4.78 is 16.0. The number of rotatable bonds is 6. The van der Waals surface area contributed by atoms with Gasteiger partial charge >= 0.3 is 0 Å². The summed E-state index contributed by atoms with van der Waals surface area (Å²) >= 11 is 0. The summed E-state index contributed by atoms with van der Waals surface area (Å²) in [6.45, 7) is 4.09. The van der Waals surface area contributed by atoms with Crippen molar-refractivity contribution in [3.63, 3.8) is 0 Å². The fourth-order valence-corrected chi connectivity index (χ4v) is 1.85. The van der Waals surface area contributed by atoms with Crippen LogP contribution >= 0.6 is 0 Å². The molecular weight excluding hydrogens is 244 g/mol. The standard InChI is InChI=1S/C14H24N2O3/c1-14(2,16-3)13(15)9-7-10(17-4)12(19-6)11(8-9)18-5/h7-8,13,16H,15H2,1-6H3. The smallest absolute Gasteiger partial charge is 0.203 e. The van der Waals surface area contributed by atoms with Crippen molar-refractivity contribution in [2.24, 2.45) is 5.73 Å². The second-order valence-electron chi connectivity index (χ2n) is 4.91. The molecule has 0 aromatic heterocycles. The molecule has 0 saturated heterocycles. The Bertz CT molecular complexity index is 408. The number of nitrogens with one attached hydrogen (secondary N) is 1. The Morgan fingerprint density at radius 3 is 1.84 bits per heavy atom. The van der Waals surface area contributed by atoms with Gasteiger partial charge in [-0.1, -0.05) is 0 Å².